The van der Waals surface area contributed by atoms with Crippen molar-refractivity contribution in [1.82, 2.24) is 20.0 Å². The fourth-order valence-electron chi connectivity index (χ4n) is 2.94. The Morgan fingerprint density at radius 1 is 1.17 bits per heavy atom. The number of aromatic nitrogens is 2. The average molecular weight is 329 g/mol. The van der Waals surface area contributed by atoms with Crippen molar-refractivity contribution in [1.29, 1.82) is 0 Å². The molecule has 0 unspecified atom stereocenters. The fraction of sp³-hybridized carbons (Fsp3) is 0.471. The zero-order valence-electron chi connectivity index (χ0n) is 14.1. The molecule has 1 aromatic heterocycles. The molecular formula is C17H23N5O2. The molecule has 1 aliphatic rings. The Bertz CT molecular complexity index is 754. The lowest BCUT2D eigenvalue weighted by Gasteiger charge is -2.35. The van der Waals surface area contributed by atoms with E-state index in [2.05, 4.69) is 10.2 Å². The smallest absolute Gasteiger partial charge is 0.275 e. The molecule has 0 saturated carbocycles. The van der Waals surface area contributed by atoms with E-state index in [1.807, 2.05) is 38.1 Å². The Kier molecular flexibility index (Phi) is 4.28. The molecule has 0 radical (unpaired) electrons. The van der Waals surface area contributed by atoms with Gasteiger partial charge in [-0.2, -0.15) is 5.10 Å². The van der Waals surface area contributed by atoms with Crippen molar-refractivity contribution in [3.63, 3.8) is 0 Å². The second-order valence-corrected chi connectivity index (χ2v) is 6.96. The summed E-state index contributed by atoms with van der Waals surface area (Å²) < 4.78 is 0. The molecule has 3 rings (SSSR count). The molecule has 24 heavy (non-hydrogen) atoms. The van der Waals surface area contributed by atoms with Crippen molar-refractivity contribution in [3.8, 4) is 0 Å². The molecule has 7 nitrogen and oxygen atoms in total. The Morgan fingerprint density at radius 3 is 2.46 bits per heavy atom. The van der Waals surface area contributed by atoms with Gasteiger partial charge in [0.1, 0.15) is 0 Å². The molecule has 128 valence electrons. The van der Waals surface area contributed by atoms with E-state index in [4.69, 9.17) is 5.73 Å². The molecule has 0 aliphatic carbocycles. The van der Waals surface area contributed by atoms with Crippen molar-refractivity contribution in [2.75, 3.05) is 26.2 Å². The van der Waals surface area contributed by atoms with Gasteiger partial charge >= 0.3 is 0 Å². The van der Waals surface area contributed by atoms with Gasteiger partial charge in [-0.05, 0) is 19.9 Å². The number of carbonyl (C=O) groups excluding carboxylic acids is 2. The standard InChI is InChI=1S/C17H23N5O2/c1-17(2,18)11-14(23)21-7-9-22(10-8-21)16(24)15-12-5-3-4-6-13(12)19-20-15/h3-6H,7-11,18H2,1-2H3,(H,19,20). The minimum atomic E-state index is -0.516. The molecule has 1 aromatic carbocycles. The summed E-state index contributed by atoms with van der Waals surface area (Å²) in [7, 11) is 0. The number of rotatable bonds is 3. The van der Waals surface area contributed by atoms with Crippen LogP contribution in [-0.2, 0) is 4.79 Å². The van der Waals surface area contributed by atoms with Crippen LogP contribution >= 0.6 is 0 Å². The first-order chi connectivity index (χ1) is 11.3. The van der Waals surface area contributed by atoms with Crippen LogP contribution in [0, 0.1) is 0 Å². The van der Waals surface area contributed by atoms with E-state index < -0.39 is 5.54 Å². The van der Waals surface area contributed by atoms with Crippen LogP contribution in [0.2, 0.25) is 0 Å². The highest BCUT2D eigenvalue weighted by Crippen LogP contribution is 2.18. The Balaban J connectivity index is 1.64. The molecule has 0 spiro atoms. The SMILES string of the molecule is CC(C)(N)CC(=O)N1CCN(C(=O)c2n[nH]c3ccccc23)CC1. The number of nitrogens with one attached hydrogen (secondary N) is 1. The summed E-state index contributed by atoms with van der Waals surface area (Å²) in [6.07, 6.45) is 0.310. The van der Waals surface area contributed by atoms with Gasteiger partial charge in [0.2, 0.25) is 5.91 Å². The Labute approximate surface area is 140 Å². The number of nitrogens with zero attached hydrogens (tertiary/aromatic N) is 3. The van der Waals surface area contributed by atoms with Crippen LogP contribution in [-0.4, -0.2) is 63.5 Å². The summed E-state index contributed by atoms with van der Waals surface area (Å²) in [5, 5.41) is 7.87. The van der Waals surface area contributed by atoms with E-state index in [1.54, 1.807) is 9.80 Å². The van der Waals surface area contributed by atoms with E-state index in [0.29, 0.717) is 38.3 Å². The summed E-state index contributed by atoms with van der Waals surface area (Å²) in [4.78, 5) is 28.4. The minimum Gasteiger partial charge on any atom is -0.339 e. The van der Waals surface area contributed by atoms with E-state index >= 15 is 0 Å². The van der Waals surface area contributed by atoms with Crippen LogP contribution in [0.3, 0.4) is 0 Å². The number of nitrogens with two attached hydrogens (primary N) is 1. The third-order valence-electron chi connectivity index (χ3n) is 4.20. The van der Waals surface area contributed by atoms with Gasteiger partial charge in [-0.25, -0.2) is 0 Å². The van der Waals surface area contributed by atoms with Crippen LogP contribution in [0.15, 0.2) is 24.3 Å². The quantitative estimate of drug-likeness (QED) is 0.877. The van der Waals surface area contributed by atoms with Gasteiger partial charge in [0, 0.05) is 43.5 Å². The van der Waals surface area contributed by atoms with Gasteiger partial charge in [-0.1, -0.05) is 18.2 Å². The second kappa shape index (κ2) is 6.24. The molecule has 2 heterocycles. The molecule has 1 saturated heterocycles. The number of carbonyl (C=O) groups is 2. The number of H-pyrrole nitrogens is 1. The van der Waals surface area contributed by atoms with Crippen molar-refractivity contribution in [2.24, 2.45) is 5.73 Å². The maximum atomic E-state index is 12.7. The van der Waals surface area contributed by atoms with Crippen LogP contribution in [0.25, 0.3) is 10.9 Å². The number of benzene rings is 1. The molecule has 2 amide bonds. The lowest BCUT2D eigenvalue weighted by molar-refractivity contribution is -0.133. The first-order valence-corrected chi connectivity index (χ1v) is 8.14. The second-order valence-electron chi connectivity index (χ2n) is 6.96. The normalized spacial score (nSPS) is 15.8. The van der Waals surface area contributed by atoms with Crippen LogP contribution < -0.4 is 5.73 Å². The summed E-state index contributed by atoms with van der Waals surface area (Å²) in [6.45, 7) is 5.76. The highest BCUT2D eigenvalue weighted by molar-refractivity contribution is 6.04. The van der Waals surface area contributed by atoms with Crippen molar-refractivity contribution < 1.29 is 9.59 Å². The predicted octanol–water partition coefficient (Wildman–Crippen LogP) is 0.975. The number of hydrogen-bond donors (Lipinski definition) is 2. The van der Waals surface area contributed by atoms with E-state index in [1.165, 1.54) is 0 Å². The molecule has 1 aliphatic heterocycles. The highest BCUT2D eigenvalue weighted by atomic mass is 16.2. The largest absolute Gasteiger partial charge is 0.339 e. The Morgan fingerprint density at radius 2 is 1.79 bits per heavy atom. The van der Waals surface area contributed by atoms with Crippen molar-refractivity contribution >= 4 is 22.7 Å². The summed E-state index contributed by atoms with van der Waals surface area (Å²) in [5.41, 5.74) is 6.68. The van der Waals surface area contributed by atoms with Gasteiger partial charge < -0.3 is 15.5 Å². The molecule has 0 bridgehead atoms. The first-order valence-electron chi connectivity index (χ1n) is 8.14. The van der Waals surface area contributed by atoms with Crippen LogP contribution in [0.1, 0.15) is 30.8 Å². The average Bonchev–Trinajstić information content (AvgIpc) is 2.97. The minimum absolute atomic E-state index is 0.0415. The third kappa shape index (κ3) is 3.41. The van der Waals surface area contributed by atoms with E-state index in [9.17, 15) is 9.59 Å². The topological polar surface area (TPSA) is 95.3 Å². The van der Waals surface area contributed by atoms with E-state index in [0.717, 1.165) is 10.9 Å². The zero-order valence-corrected chi connectivity index (χ0v) is 14.1. The molecule has 7 heteroatoms. The number of fused-ring (bicyclic) bond motifs is 1. The lowest BCUT2D eigenvalue weighted by atomic mass is 10.0. The predicted molar refractivity (Wildman–Crippen MR) is 91.5 cm³/mol. The van der Waals surface area contributed by atoms with Gasteiger partial charge in [-0.15, -0.1) is 0 Å². The van der Waals surface area contributed by atoms with Gasteiger partial charge in [0.25, 0.3) is 5.91 Å². The number of hydrogen-bond acceptors (Lipinski definition) is 4. The molecule has 2 aromatic rings. The monoisotopic (exact) mass is 329 g/mol. The lowest BCUT2D eigenvalue weighted by Crippen LogP contribution is -2.52. The molecule has 1 fully saturated rings. The molecular weight excluding hydrogens is 306 g/mol. The maximum absolute atomic E-state index is 12.7. The summed E-state index contributed by atoms with van der Waals surface area (Å²) in [6, 6.07) is 7.57. The summed E-state index contributed by atoms with van der Waals surface area (Å²) >= 11 is 0. The number of piperazine rings is 1. The van der Waals surface area contributed by atoms with E-state index in [-0.39, 0.29) is 11.8 Å². The van der Waals surface area contributed by atoms with Gasteiger partial charge in [0.05, 0.1) is 5.52 Å². The van der Waals surface area contributed by atoms with Crippen LogP contribution in [0.5, 0.6) is 0 Å². The maximum Gasteiger partial charge on any atom is 0.275 e. The highest BCUT2D eigenvalue weighted by Gasteiger charge is 2.28. The molecule has 3 N–H and O–H groups in total. The van der Waals surface area contributed by atoms with Crippen molar-refractivity contribution in [2.45, 2.75) is 25.8 Å². The van der Waals surface area contributed by atoms with Crippen LogP contribution in [0.4, 0.5) is 0 Å². The zero-order chi connectivity index (χ0) is 17.3. The summed E-state index contributed by atoms with van der Waals surface area (Å²) in [5.74, 6) is -0.0569. The van der Waals surface area contributed by atoms with Gasteiger partial charge in [-0.3, -0.25) is 14.7 Å². The first kappa shape index (κ1) is 16.4. The number of amides is 2. The van der Waals surface area contributed by atoms with Gasteiger partial charge in [0.15, 0.2) is 5.69 Å². The number of para-hydroxylation sites is 1. The Hall–Kier alpha value is -2.41. The molecule has 0 atom stereocenters. The van der Waals surface area contributed by atoms with Crippen molar-refractivity contribution in [3.05, 3.63) is 30.0 Å². The third-order valence-corrected chi connectivity index (χ3v) is 4.20. The number of aromatic amines is 1. The fourth-order valence-corrected chi connectivity index (χ4v) is 2.94.